The number of ketones is 1. The van der Waals surface area contributed by atoms with Crippen molar-refractivity contribution in [2.24, 2.45) is 0 Å². The normalized spacial score (nSPS) is 17.0. The molecule has 10 nitrogen and oxygen atoms in total. The van der Waals surface area contributed by atoms with Gasteiger partial charge in [-0.15, -0.1) is 0 Å². The zero-order chi connectivity index (χ0) is 26.1. The Morgan fingerprint density at radius 3 is 2.28 bits per heavy atom. The van der Waals surface area contributed by atoms with E-state index < -0.39 is 21.5 Å². The lowest BCUT2D eigenvalue weighted by Gasteiger charge is -2.37. The van der Waals surface area contributed by atoms with Gasteiger partial charge in [-0.2, -0.15) is 0 Å². The minimum Gasteiger partial charge on any atom is -0.444 e. The number of aromatic nitrogens is 2. The molecule has 0 atom stereocenters. The van der Waals surface area contributed by atoms with Gasteiger partial charge in [0.05, 0.1) is 18.8 Å². The maximum Gasteiger partial charge on any atom is 0.410 e. The van der Waals surface area contributed by atoms with Crippen molar-refractivity contribution in [3.63, 3.8) is 0 Å². The zero-order valence-corrected chi connectivity index (χ0v) is 22.0. The van der Waals surface area contributed by atoms with Crippen LogP contribution in [0.15, 0.2) is 35.5 Å². The van der Waals surface area contributed by atoms with Crippen molar-refractivity contribution in [3.8, 4) is 0 Å². The van der Waals surface area contributed by atoms with E-state index in [1.807, 2.05) is 30.3 Å². The average molecular weight is 516 g/mol. The van der Waals surface area contributed by atoms with E-state index in [0.717, 1.165) is 11.8 Å². The van der Waals surface area contributed by atoms with Gasteiger partial charge in [-0.3, -0.25) is 9.69 Å². The van der Waals surface area contributed by atoms with Crippen molar-refractivity contribution in [3.05, 3.63) is 47.2 Å². The molecule has 0 unspecified atom stereocenters. The maximum atomic E-state index is 12.6. The lowest BCUT2D eigenvalue weighted by molar-refractivity contribution is 0.0220. The van der Waals surface area contributed by atoms with Crippen LogP contribution in [0.3, 0.4) is 0 Å². The molecule has 0 bridgehead atoms. The van der Waals surface area contributed by atoms with Gasteiger partial charge >= 0.3 is 6.09 Å². The minimum atomic E-state index is -3.66. The fraction of sp³-hybridized carbons (Fsp3) is 0.520. The third-order valence-electron chi connectivity index (χ3n) is 6.14. The molecule has 0 radical (unpaired) electrons. The Balaban J connectivity index is 1.51. The van der Waals surface area contributed by atoms with Gasteiger partial charge in [0.1, 0.15) is 11.4 Å². The fourth-order valence-electron chi connectivity index (χ4n) is 4.33. The van der Waals surface area contributed by atoms with E-state index in [0.29, 0.717) is 62.8 Å². The predicted octanol–water partition coefficient (Wildman–Crippen LogP) is 2.18. The van der Waals surface area contributed by atoms with Gasteiger partial charge in [0.2, 0.25) is 15.0 Å². The van der Waals surface area contributed by atoms with E-state index in [-0.39, 0.29) is 17.5 Å². The number of hydrogen-bond acceptors (Lipinski definition) is 9. The Kier molecular flexibility index (Phi) is 7.33. The van der Waals surface area contributed by atoms with Gasteiger partial charge in [-0.05, 0) is 27.2 Å². The van der Waals surface area contributed by atoms with Crippen LogP contribution in [0.4, 0.5) is 10.6 Å². The summed E-state index contributed by atoms with van der Waals surface area (Å²) in [7, 11) is -3.66. The van der Waals surface area contributed by atoms with Gasteiger partial charge < -0.3 is 14.5 Å². The van der Waals surface area contributed by atoms with Crippen LogP contribution in [0.25, 0.3) is 0 Å². The van der Waals surface area contributed by atoms with Crippen molar-refractivity contribution < 1.29 is 22.7 Å². The molecule has 1 amide bonds. The van der Waals surface area contributed by atoms with E-state index in [4.69, 9.17) is 4.74 Å². The highest BCUT2D eigenvalue weighted by molar-refractivity contribution is 7.90. The highest BCUT2D eigenvalue weighted by Crippen LogP contribution is 2.29. The Morgan fingerprint density at radius 2 is 1.67 bits per heavy atom. The first-order valence-corrected chi connectivity index (χ1v) is 13.9. The highest BCUT2D eigenvalue weighted by atomic mass is 32.2. The van der Waals surface area contributed by atoms with Gasteiger partial charge in [0.25, 0.3) is 0 Å². The number of anilines is 1. The zero-order valence-electron chi connectivity index (χ0n) is 21.2. The summed E-state index contributed by atoms with van der Waals surface area (Å²) in [6, 6.07) is 9.23. The highest BCUT2D eigenvalue weighted by Gasteiger charge is 2.32. The van der Waals surface area contributed by atoms with E-state index in [1.165, 1.54) is 0 Å². The molecule has 2 aliphatic rings. The Morgan fingerprint density at radius 1 is 1.00 bits per heavy atom. The number of nitrogens with zero attached hydrogens (tertiary/aromatic N) is 5. The first-order chi connectivity index (χ1) is 16.9. The topological polar surface area (TPSA) is 113 Å². The molecule has 1 saturated heterocycles. The van der Waals surface area contributed by atoms with Crippen molar-refractivity contribution in [2.45, 2.75) is 44.5 Å². The molecule has 36 heavy (non-hydrogen) atoms. The second-order valence-electron chi connectivity index (χ2n) is 10.2. The molecule has 1 fully saturated rings. The van der Waals surface area contributed by atoms with Crippen LogP contribution in [-0.2, 0) is 27.5 Å². The second kappa shape index (κ2) is 10.1. The summed E-state index contributed by atoms with van der Waals surface area (Å²) in [4.78, 5) is 39.7. The smallest absolute Gasteiger partial charge is 0.410 e. The molecule has 1 aromatic carbocycles. The number of carbonyl (C=O) groups is 2. The fourth-order valence-corrected chi connectivity index (χ4v) is 4.86. The molecule has 2 aromatic rings. The summed E-state index contributed by atoms with van der Waals surface area (Å²) < 4.78 is 30.2. The molecule has 0 saturated carbocycles. The van der Waals surface area contributed by atoms with Crippen molar-refractivity contribution in [2.75, 3.05) is 50.4 Å². The van der Waals surface area contributed by atoms with Gasteiger partial charge in [0, 0.05) is 50.1 Å². The van der Waals surface area contributed by atoms with E-state index in [1.54, 1.807) is 25.7 Å². The molecule has 0 aliphatic carbocycles. The molecule has 194 valence electrons. The van der Waals surface area contributed by atoms with E-state index in [2.05, 4.69) is 19.8 Å². The third-order valence-corrected chi connectivity index (χ3v) is 6.99. The van der Waals surface area contributed by atoms with Crippen LogP contribution >= 0.6 is 0 Å². The molecule has 4 rings (SSSR count). The number of sulfone groups is 1. The molecule has 11 heteroatoms. The number of amides is 1. The largest absolute Gasteiger partial charge is 0.444 e. The Bertz CT molecular complexity index is 1240. The number of carbonyl (C=O) groups excluding carboxylic acids is 2. The van der Waals surface area contributed by atoms with Gasteiger partial charge in [-0.25, -0.2) is 23.2 Å². The average Bonchev–Trinajstić information content (AvgIpc) is 2.82. The molecule has 2 aliphatic heterocycles. The standard InChI is InChI=1S/C25H33N5O5S/c1-25(2,3)35-24(32)30-11-10-19-20(16-30)26-23(36(4,33)34)27-22(19)29-14-12-28(13-15-29)17-21(31)18-8-6-5-7-9-18/h5-9H,10-17H2,1-4H3. The summed E-state index contributed by atoms with van der Waals surface area (Å²) in [5.74, 6) is 0.670. The van der Waals surface area contributed by atoms with E-state index in [9.17, 15) is 18.0 Å². The lowest BCUT2D eigenvalue weighted by Crippen LogP contribution is -2.49. The first kappa shape index (κ1) is 26.0. The predicted molar refractivity (Wildman–Crippen MR) is 135 cm³/mol. The number of ether oxygens (including phenoxy) is 1. The summed E-state index contributed by atoms with van der Waals surface area (Å²) in [6.45, 7) is 8.84. The van der Waals surface area contributed by atoms with Crippen LogP contribution in [0.5, 0.6) is 0 Å². The van der Waals surface area contributed by atoms with Gasteiger partial charge in [-0.1, -0.05) is 30.3 Å². The van der Waals surface area contributed by atoms with Crippen molar-refractivity contribution in [1.29, 1.82) is 0 Å². The summed E-state index contributed by atoms with van der Waals surface area (Å²) in [5, 5.41) is -0.246. The molecule has 0 N–H and O–H groups in total. The Hall–Kier alpha value is -3.05. The van der Waals surface area contributed by atoms with Crippen molar-refractivity contribution in [1.82, 2.24) is 19.8 Å². The van der Waals surface area contributed by atoms with E-state index >= 15 is 0 Å². The van der Waals surface area contributed by atoms with Crippen molar-refractivity contribution >= 4 is 27.5 Å². The first-order valence-electron chi connectivity index (χ1n) is 12.0. The second-order valence-corrected chi connectivity index (χ2v) is 12.1. The maximum absolute atomic E-state index is 12.6. The quantitative estimate of drug-likeness (QED) is 0.437. The summed E-state index contributed by atoms with van der Waals surface area (Å²) >= 11 is 0. The number of benzene rings is 1. The van der Waals surface area contributed by atoms with Crippen LogP contribution < -0.4 is 4.90 Å². The summed E-state index contributed by atoms with van der Waals surface area (Å²) in [6.07, 6.45) is 1.13. The number of Topliss-reactive ketones (excluding diaryl/α,β-unsaturated/α-hetero) is 1. The molecular formula is C25H33N5O5S. The Labute approximate surface area is 212 Å². The van der Waals surface area contributed by atoms with Crippen LogP contribution in [0, 0.1) is 0 Å². The monoisotopic (exact) mass is 515 g/mol. The number of hydrogen-bond donors (Lipinski definition) is 0. The van der Waals surface area contributed by atoms with Gasteiger partial charge in [0.15, 0.2) is 5.78 Å². The number of piperazine rings is 1. The third kappa shape index (κ3) is 6.19. The van der Waals surface area contributed by atoms with Crippen LogP contribution in [-0.4, -0.2) is 91.2 Å². The van der Waals surface area contributed by atoms with Crippen LogP contribution in [0.1, 0.15) is 42.4 Å². The molecular weight excluding hydrogens is 482 g/mol. The number of fused-ring (bicyclic) bond motifs is 1. The summed E-state index contributed by atoms with van der Waals surface area (Å²) in [5.41, 5.74) is 1.45. The lowest BCUT2D eigenvalue weighted by atomic mass is 10.0. The molecule has 3 heterocycles. The minimum absolute atomic E-state index is 0.0741. The van der Waals surface area contributed by atoms with Crippen LogP contribution in [0.2, 0.25) is 0 Å². The molecule has 1 aromatic heterocycles. The molecule has 0 spiro atoms. The SMILES string of the molecule is CC(C)(C)OC(=O)N1CCc2c(nc(S(C)(=O)=O)nc2N2CCN(CC(=O)c3ccccc3)CC2)C1. The number of rotatable bonds is 5.